The molecule has 114 valence electrons. The van der Waals surface area contributed by atoms with Crippen LogP contribution in [0.3, 0.4) is 0 Å². The van der Waals surface area contributed by atoms with Gasteiger partial charge >= 0.3 is 5.97 Å². The number of aromatic nitrogens is 2. The van der Waals surface area contributed by atoms with Gasteiger partial charge in [-0.2, -0.15) is 0 Å². The number of para-hydroxylation sites is 2. The molecule has 0 unspecified atom stereocenters. The van der Waals surface area contributed by atoms with Crippen molar-refractivity contribution in [2.24, 2.45) is 5.92 Å². The minimum atomic E-state index is -0.852. The number of amides is 1. The van der Waals surface area contributed by atoms with E-state index >= 15 is 0 Å². The largest absolute Gasteiger partial charge is 0.481 e. The van der Waals surface area contributed by atoms with Crippen LogP contribution >= 0.6 is 0 Å². The quantitative estimate of drug-likeness (QED) is 0.904. The topological polar surface area (TPSA) is 92.2 Å². The lowest BCUT2D eigenvalue weighted by Crippen LogP contribution is -2.45. The number of hydrogen-bond donors (Lipinski definition) is 2. The Bertz CT molecular complexity index is 717. The highest BCUT2D eigenvalue weighted by molar-refractivity contribution is 5.94. The van der Waals surface area contributed by atoms with Crippen LogP contribution in [0, 0.1) is 5.92 Å². The van der Waals surface area contributed by atoms with Crippen molar-refractivity contribution in [1.82, 2.24) is 15.3 Å². The summed E-state index contributed by atoms with van der Waals surface area (Å²) in [6.07, 6.45) is 4.53. The van der Waals surface area contributed by atoms with E-state index in [1.54, 1.807) is 6.07 Å². The van der Waals surface area contributed by atoms with Gasteiger partial charge in [0.05, 0.1) is 23.1 Å². The lowest BCUT2D eigenvalue weighted by molar-refractivity contribution is -0.143. The molecule has 1 aromatic carbocycles. The summed E-state index contributed by atoms with van der Waals surface area (Å²) >= 11 is 0. The van der Waals surface area contributed by atoms with E-state index in [0.717, 1.165) is 18.4 Å². The first-order valence-electron chi connectivity index (χ1n) is 7.40. The molecule has 0 radical (unpaired) electrons. The number of carbonyl (C=O) groups is 2. The summed E-state index contributed by atoms with van der Waals surface area (Å²) in [6.45, 7) is 0. The van der Waals surface area contributed by atoms with Crippen LogP contribution in [0.15, 0.2) is 30.5 Å². The van der Waals surface area contributed by atoms with Gasteiger partial charge in [-0.25, -0.2) is 4.98 Å². The van der Waals surface area contributed by atoms with Crippen LogP contribution in [-0.2, 0) is 4.79 Å². The molecule has 1 heterocycles. The molecule has 3 rings (SSSR count). The Morgan fingerprint density at radius 2 is 1.86 bits per heavy atom. The maximum Gasteiger partial charge on any atom is 0.308 e. The average molecular weight is 299 g/mol. The van der Waals surface area contributed by atoms with Gasteiger partial charge in [-0.3, -0.25) is 14.6 Å². The van der Waals surface area contributed by atoms with E-state index in [1.807, 2.05) is 18.2 Å². The Balaban J connectivity index is 1.78. The Morgan fingerprint density at radius 1 is 1.14 bits per heavy atom. The van der Waals surface area contributed by atoms with Crippen molar-refractivity contribution >= 4 is 22.9 Å². The van der Waals surface area contributed by atoms with E-state index in [2.05, 4.69) is 15.3 Å². The average Bonchev–Trinajstić information content (AvgIpc) is 2.54. The van der Waals surface area contributed by atoms with E-state index in [0.29, 0.717) is 18.4 Å². The molecule has 2 N–H and O–H groups in total. The van der Waals surface area contributed by atoms with Crippen LogP contribution in [0.4, 0.5) is 0 Å². The molecule has 1 amide bonds. The predicted octanol–water partition coefficient (Wildman–Crippen LogP) is 2.00. The van der Waals surface area contributed by atoms with Gasteiger partial charge in [-0.15, -0.1) is 0 Å². The highest BCUT2D eigenvalue weighted by atomic mass is 16.4. The maximum atomic E-state index is 12.3. The first-order chi connectivity index (χ1) is 10.6. The van der Waals surface area contributed by atoms with Crippen molar-refractivity contribution in [1.29, 1.82) is 0 Å². The highest BCUT2D eigenvalue weighted by Gasteiger charge is 2.32. The minimum Gasteiger partial charge on any atom is -0.481 e. The van der Waals surface area contributed by atoms with Gasteiger partial charge in [-0.05, 0) is 25.0 Å². The SMILES string of the molecule is O=C(N[C@@H]1CCCC[C@H]1C(=O)O)c1cnc2ccccc2n1. The van der Waals surface area contributed by atoms with E-state index in [1.165, 1.54) is 6.20 Å². The normalized spacial score (nSPS) is 21.5. The second-order valence-corrected chi connectivity index (χ2v) is 5.55. The van der Waals surface area contributed by atoms with Gasteiger partial charge in [-0.1, -0.05) is 25.0 Å². The molecule has 1 fully saturated rings. The monoisotopic (exact) mass is 299 g/mol. The number of carboxylic acids is 1. The molecular formula is C16H17N3O3. The number of fused-ring (bicyclic) bond motifs is 1. The molecule has 0 bridgehead atoms. The summed E-state index contributed by atoms with van der Waals surface area (Å²) in [6, 6.07) is 6.97. The fourth-order valence-corrected chi connectivity index (χ4v) is 2.91. The standard InChI is InChI=1S/C16H17N3O3/c20-15(19-11-6-2-1-5-10(11)16(21)22)14-9-17-12-7-3-4-8-13(12)18-14/h3-4,7-11H,1-2,5-6H2,(H,19,20)(H,21,22)/t10-,11-/m1/s1. The zero-order valence-electron chi connectivity index (χ0n) is 12.0. The molecule has 0 spiro atoms. The van der Waals surface area contributed by atoms with Gasteiger partial charge in [0, 0.05) is 6.04 Å². The fraction of sp³-hybridized carbons (Fsp3) is 0.375. The van der Waals surface area contributed by atoms with Crippen molar-refractivity contribution in [3.63, 3.8) is 0 Å². The molecule has 0 aliphatic heterocycles. The zero-order valence-corrected chi connectivity index (χ0v) is 12.0. The summed E-state index contributed by atoms with van der Waals surface area (Å²) in [5.41, 5.74) is 1.59. The molecular weight excluding hydrogens is 282 g/mol. The number of carboxylic acid groups (broad SMARTS) is 1. The Morgan fingerprint density at radius 3 is 2.64 bits per heavy atom. The van der Waals surface area contributed by atoms with Crippen molar-refractivity contribution in [2.45, 2.75) is 31.7 Å². The maximum absolute atomic E-state index is 12.3. The Labute approximate surface area is 127 Å². The number of nitrogens with zero attached hydrogens (tertiary/aromatic N) is 2. The molecule has 0 saturated heterocycles. The molecule has 2 aromatic rings. The second-order valence-electron chi connectivity index (χ2n) is 5.55. The molecule has 1 saturated carbocycles. The third kappa shape index (κ3) is 2.90. The third-order valence-corrected chi connectivity index (χ3v) is 4.08. The number of nitrogens with one attached hydrogen (secondary N) is 1. The van der Waals surface area contributed by atoms with Crippen LogP contribution in [0.25, 0.3) is 11.0 Å². The lowest BCUT2D eigenvalue weighted by Gasteiger charge is -2.29. The molecule has 6 nitrogen and oxygen atoms in total. The summed E-state index contributed by atoms with van der Waals surface area (Å²) < 4.78 is 0. The van der Waals surface area contributed by atoms with Crippen molar-refractivity contribution < 1.29 is 14.7 Å². The second kappa shape index (κ2) is 6.09. The number of rotatable bonds is 3. The Kier molecular flexibility index (Phi) is 4.00. The van der Waals surface area contributed by atoms with Crippen LogP contribution in [0.1, 0.15) is 36.2 Å². The van der Waals surface area contributed by atoms with Crippen LogP contribution in [-0.4, -0.2) is 33.0 Å². The van der Waals surface area contributed by atoms with E-state index in [4.69, 9.17) is 0 Å². The van der Waals surface area contributed by atoms with E-state index in [-0.39, 0.29) is 17.6 Å². The number of benzene rings is 1. The minimum absolute atomic E-state index is 0.216. The van der Waals surface area contributed by atoms with Crippen LogP contribution < -0.4 is 5.32 Å². The summed E-state index contributed by atoms with van der Waals surface area (Å²) in [5.74, 6) is -1.74. The highest BCUT2D eigenvalue weighted by Crippen LogP contribution is 2.25. The summed E-state index contributed by atoms with van der Waals surface area (Å²) in [5, 5.41) is 12.1. The zero-order chi connectivity index (χ0) is 15.5. The number of aliphatic carboxylic acids is 1. The van der Waals surface area contributed by atoms with Gasteiger partial charge in [0.15, 0.2) is 0 Å². The smallest absolute Gasteiger partial charge is 0.308 e. The number of hydrogen-bond acceptors (Lipinski definition) is 4. The van der Waals surface area contributed by atoms with E-state index in [9.17, 15) is 14.7 Å². The fourth-order valence-electron chi connectivity index (χ4n) is 2.91. The Hall–Kier alpha value is -2.50. The summed E-state index contributed by atoms with van der Waals surface area (Å²) in [7, 11) is 0. The molecule has 1 aliphatic rings. The van der Waals surface area contributed by atoms with Gasteiger partial charge in [0.25, 0.3) is 5.91 Å². The van der Waals surface area contributed by atoms with Crippen LogP contribution in [0.5, 0.6) is 0 Å². The third-order valence-electron chi connectivity index (χ3n) is 4.08. The van der Waals surface area contributed by atoms with Crippen molar-refractivity contribution in [3.05, 3.63) is 36.2 Å². The first-order valence-corrected chi connectivity index (χ1v) is 7.40. The number of carbonyl (C=O) groups excluding carboxylic acids is 1. The molecule has 6 heteroatoms. The van der Waals surface area contributed by atoms with Gasteiger partial charge < -0.3 is 10.4 Å². The lowest BCUT2D eigenvalue weighted by atomic mass is 9.84. The molecule has 2 atom stereocenters. The molecule has 1 aliphatic carbocycles. The van der Waals surface area contributed by atoms with Crippen LogP contribution in [0.2, 0.25) is 0 Å². The first kappa shape index (κ1) is 14.4. The predicted molar refractivity (Wildman–Crippen MR) is 80.4 cm³/mol. The van der Waals surface area contributed by atoms with E-state index < -0.39 is 11.9 Å². The van der Waals surface area contributed by atoms with Gasteiger partial charge in [0.2, 0.25) is 0 Å². The van der Waals surface area contributed by atoms with Crippen molar-refractivity contribution in [3.8, 4) is 0 Å². The van der Waals surface area contributed by atoms with Crippen molar-refractivity contribution in [2.75, 3.05) is 0 Å². The molecule has 1 aromatic heterocycles. The summed E-state index contributed by atoms with van der Waals surface area (Å²) in [4.78, 5) is 32.1. The van der Waals surface area contributed by atoms with Gasteiger partial charge in [0.1, 0.15) is 5.69 Å². The molecule has 22 heavy (non-hydrogen) atoms.